The molecule has 5 heteroatoms. The lowest BCUT2D eigenvalue weighted by atomic mass is 9.77. The van der Waals surface area contributed by atoms with Crippen molar-refractivity contribution in [3.8, 4) is 0 Å². The van der Waals surface area contributed by atoms with Crippen LogP contribution in [-0.2, 0) is 17.8 Å². The SMILES string of the molecule is c1ccc(COCCc2nsnc2C2CN3CCC2CC3)cc1. The van der Waals surface area contributed by atoms with Gasteiger partial charge in [0.25, 0.3) is 0 Å². The Bertz CT molecular complexity index is 622. The van der Waals surface area contributed by atoms with Gasteiger partial charge in [0, 0.05) is 18.9 Å². The van der Waals surface area contributed by atoms with Gasteiger partial charge in [-0.2, -0.15) is 8.75 Å². The molecule has 0 aliphatic carbocycles. The third-order valence-electron chi connectivity index (χ3n) is 5.19. The first-order valence-corrected chi connectivity index (χ1v) is 9.28. The number of benzene rings is 1. The first kappa shape index (κ1) is 15.2. The monoisotopic (exact) mass is 329 g/mol. The number of hydrogen-bond donors (Lipinski definition) is 0. The molecule has 2 aromatic rings. The summed E-state index contributed by atoms with van der Waals surface area (Å²) in [5.41, 5.74) is 3.65. The standard InChI is InChI=1S/C18H23N3OS/c1-2-4-14(5-3-1)13-22-11-8-17-18(20-23-19-17)16-12-21-9-6-15(16)7-10-21/h1-5,15-16H,6-13H2. The molecule has 4 heterocycles. The predicted molar refractivity (Wildman–Crippen MR) is 91.6 cm³/mol. The number of hydrogen-bond acceptors (Lipinski definition) is 5. The van der Waals surface area contributed by atoms with Gasteiger partial charge in [0.15, 0.2) is 0 Å². The molecule has 122 valence electrons. The lowest BCUT2D eigenvalue weighted by Crippen LogP contribution is -2.46. The van der Waals surface area contributed by atoms with E-state index in [0.717, 1.165) is 12.3 Å². The summed E-state index contributed by atoms with van der Waals surface area (Å²) in [6.07, 6.45) is 3.53. The molecule has 1 aromatic carbocycles. The van der Waals surface area contributed by atoms with Crippen LogP contribution in [0.2, 0.25) is 0 Å². The van der Waals surface area contributed by atoms with Gasteiger partial charge in [0.1, 0.15) is 0 Å². The number of aromatic nitrogens is 2. The average molecular weight is 329 g/mol. The molecule has 3 aliphatic heterocycles. The summed E-state index contributed by atoms with van der Waals surface area (Å²) < 4.78 is 15.0. The minimum Gasteiger partial charge on any atom is -0.376 e. The van der Waals surface area contributed by atoms with Crippen LogP contribution >= 0.6 is 11.7 Å². The van der Waals surface area contributed by atoms with Gasteiger partial charge in [0.05, 0.1) is 36.3 Å². The van der Waals surface area contributed by atoms with E-state index in [2.05, 4.69) is 37.9 Å². The predicted octanol–water partition coefficient (Wildman–Crippen LogP) is 3.11. The third-order valence-corrected chi connectivity index (χ3v) is 5.77. The summed E-state index contributed by atoms with van der Waals surface area (Å²) in [6, 6.07) is 10.3. The smallest absolute Gasteiger partial charge is 0.0822 e. The van der Waals surface area contributed by atoms with Crippen LogP contribution in [0, 0.1) is 5.92 Å². The van der Waals surface area contributed by atoms with Crippen LogP contribution in [0.3, 0.4) is 0 Å². The van der Waals surface area contributed by atoms with Crippen LogP contribution < -0.4 is 0 Å². The van der Waals surface area contributed by atoms with E-state index in [0.29, 0.717) is 19.1 Å². The summed E-state index contributed by atoms with van der Waals surface area (Å²) in [6.45, 7) is 5.11. The zero-order valence-electron chi connectivity index (χ0n) is 13.4. The molecule has 5 rings (SSSR count). The molecule has 4 nitrogen and oxygen atoms in total. The quantitative estimate of drug-likeness (QED) is 0.763. The van der Waals surface area contributed by atoms with Gasteiger partial charge >= 0.3 is 0 Å². The van der Waals surface area contributed by atoms with Crippen LogP contribution in [0.15, 0.2) is 30.3 Å². The minimum atomic E-state index is 0.598. The molecule has 1 unspecified atom stereocenters. The van der Waals surface area contributed by atoms with E-state index in [1.54, 1.807) is 0 Å². The second kappa shape index (κ2) is 7.07. The Morgan fingerprint density at radius 1 is 1.13 bits per heavy atom. The topological polar surface area (TPSA) is 38.3 Å². The van der Waals surface area contributed by atoms with Crippen LogP contribution in [0.1, 0.15) is 35.7 Å². The van der Waals surface area contributed by atoms with Crippen molar-refractivity contribution >= 4 is 11.7 Å². The fourth-order valence-corrected chi connectivity index (χ4v) is 4.53. The van der Waals surface area contributed by atoms with Crippen molar-refractivity contribution in [3.63, 3.8) is 0 Å². The highest BCUT2D eigenvalue weighted by molar-refractivity contribution is 6.99. The van der Waals surface area contributed by atoms with Gasteiger partial charge in [-0.1, -0.05) is 30.3 Å². The molecular weight excluding hydrogens is 306 g/mol. The molecule has 2 bridgehead atoms. The van der Waals surface area contributed by atoms with Gasteiger partial charge in [-0.25, -0.2) is 0 Å². The van der Waals surface area contributed by atoms with E-state index in [1.807, 2.05) is 6.07 Å². The molecule has 3 aliphatic rings. The van der Waals surface area contributed by atoms with Gasteiger partial charge in [-0.05, 0) is 37.4 Å². The Morgan fingerprint density at radius 2 is 1.96 bits per heavy atom. The molecule has 23 heavy (non-hydrogen) atoms. The van der Waals surface area contributed by atoms with Gasteiger partial charge in [-0.3, -0.25) is 0 Å². The molecular formula is C18H23N3OS. The van der Waals surface area contributed by atoms with Gasteiger partial charge in [0.2, 0.25) is 0 Å². The molecule has 3 fully saturated rings. The lowest BCUT2D eigenvalue weighted by molar-refractivity contribution is 0.0847. The number of nitrogens with zero attached hydrogens (tertiary/aromatic N) is 3. The Balaban J connectivity index is 1.33. The average Bonchev–Trinajstić information content (AvgIpc) is 3.09. The van der Waals surface area contributed by atoms with E-state index >= 15 is 0 Å². The van der Waals surface area contributed by atoms with E-state index in [-0.39, 0.29) is 0 Å². The molecule has 0 amide bonds. The zero-order valence-corrected chi connectivity index (χ0v) is 14.2. The Kier molecular flexibility index (Phi) is 4.69. The third kappa shape index (κ3) is 3.47. The van der Waals surface area contributed by atoms with Crippen molar-refractivity contribution in [2.45, 2.75) is 31.8 Å². The normalized spacial score (nSPS) is 26.5. The number of piperidine rings is 3. The van der Waals surface area contributed by atoms with Crippen molar-refractivity contribution in [1.29, 1.82) is 0 Å². The Labute approximate surface area is 141 Å². The molecule has 1 atom stereocenters. The van der Waals surface area contributed by atoms with Crippen LogP contribution in [0.4, 0.5) is 0 Å². The zero-order chi connectivity index (χ0) is 15.5. The summed E-state index contributed by atoms with van der Waals surface area (Å²) >= 11 is 1.37. The van der Waals surface area contributed by atoms with Crippen LogP contribution in [0.5, 0.6) is 0 Å². The van der Waals surface area contributed by atoms with E-state index in [4.69, 9.17) is 4.74 Å². The Hall–Kier alpha value is -1.30. The van der Waals surface area contributed by atoms with Crippen molar-refractivity contribution in [2.75, 3.05) is 26.2 Å². The van der Waals surface area contributed by atoms with E-state index < -0.39 is 0 Å². The molecule has 3 saturated heterocycles. The molecule has 1 aromatic heterocycles. The molecule has 0 radical (unpaired) electrons. The highest BCUT2D eigenvalue weighted by Crippen LogP contribution is 2.39. The van der Waals surface area contributed by atoms with Crippen molar-refractivity contribution in [3.05, 3.63) is 47.3 Å². The molecule has 0 saturated carbocycles. The van der Waals surface area contributed by atoms with Gasteiger partial charge in [-0.15, -0.1) is 0 Å². The maximum atomic E-state index is 5.82. The van der Waals surface area contributed by atoms with Crippen molar-refractivity contribution < 1.29 is 4.74 Å². The first-order valence-electron chi connectivity index (χ1n) is 8.55. The van der Waals surface area contributed by atoms with Crippen molar-refractivity contribution in [2.24, 2.45) is 5.92 Å². The maximum Gasteiger partial charge on any atom is 0.0822 e. The van der Waals surface area contributed by atoms with E-state index in [9.17, 15) is 0 Å². The van der Waals surface area contributed by atoms with Crippen LogP contribution in [-0.4, -0.2) is 39.9 Å². The molecule has 0 spiro atoms. The summed E-state index contributed by atoms with van der Waals surface area (Å²) in [5.74, 6) is 1.41. The number of ether oxygens (including phenoxy) is 1. The summed E-state index contributed by atoms with van der Waals surface area (Å²) in [5, 5.41) is 0. The highest BCUT2D eigenvalue weighted by atomic mass is 32.1. The lowest BCUT2D eigenvalue weighted by Gasteiger charge is -2.44. The summed E-state index contributed by atoms with van der Waals surface area (Å²) in [4.78, 5) is 2.58. The fourth-order valence-electron chi connectivity index (χ4n) is 3.88. The second-order valence-corrected chi connectivity index (χ2v) is 7.16. The van der Waals surface area contributed by atoms with Crippen LogP contribution in [0.25, 0.3) is 0 Å². The largest absolute Gasteiger partial charge is 0.376 e. The first-order chi connectivity index (χ1) is 11.4. The fraction of sp³-hybridized carbons (Fsp3) is 0.556. The Morgan fingerprint density at radius 3 is 2.70 bits per heavy atom. The number of rotatable bonds is 6. The maximum absolute atomic E-state index is 5.82. The summed E-state index contributed by atoms with van der Waals surface area (Å²) in [7, 11) is 0. The van der Waals surface area contributed by atoms with E-state index in [1.165, 1.54) is 61.2 Å². The number of fused-ring (bicyclic) bond motifs is 3. The minimum absolute atomic E-state index is 0.598. The molecule has 0 N–H and O–H groups in total. The highest BCUT2D eigenvalue weighted by Gasteiger charge is 2.37. The van der Waals surface area contributed by atoms with Crippen molar-refractivity contribution in [1.82, 2.24) is 13.6 Å². The second-order valence-electron chi connectivity index (χ2n) is 6.63. The van der Waals surface area contributed by atoms with Gasteiger partial charge < -0.3 is 9.64 Å².